The molecule has 0 unspecified atom stereocenters. The van der Waals surface area contributed by atoms with E-state index in [1.54, 1.807) is 88.6 Å². The average Bonchev–Trinajstić information content (AvgIpc) is 3.01. The van der Waals surface area contributed by atoms with Crippen molar-refractivity contribution in [2.45, 2.75) is 26.3 Å². The molecule has 214 valence electrons. The number of carbonyl (C=O) groups excluding carboxylic acids is 1. The van der Waals surface area contributed by atoms with Crippen LogP contribution in [-0.4, -0.2) is 41.6 Å². The van der Waals surface area contributed by atoms with E-state index in [2.05, 4.69) is 9.97 Å². The zero-order valence-electron chi connectivity index (χ0n) is 24.1. The Labute approximate surface area is 243 Å². The molecule has 0 atom stereocenters. The summed E-state index contributed by atoms with van der Waals surface area (Å²) in [4.78, 5) is 35.7. The molecule has 9 heteroatoms. The van der Waals surface area contributed by atoms with Crippen molar-refractivity contribution in [2.24, 2.45) is 0 Å². The largest absolute Gasteiger partial charge is 0.497 e. The molecule has 0 aliphatic carbocycles. The fraction of sp³-hybridized carbons (Fsp3) is 0.212. The van der Waals surface area contributed by atoms with E-state index in [0.29, 0.717) is 51.1 Å². The predicted octanol–water partition coefficient (Wildman–Crippen LogP) is 6.28. The van der Waals surface area contributed by atoms with Gasteiger partial charge in [-0.3, -0.25) is 19.6 Å². The Hall–Kier alpha value is -5.18. The minimum atomic E-state index is -0.321. The maximum Gasteiger partial charge on any atom is 0.200 e. The van der Waals surface area contributed by atoms with Crippen molar-refractivity contribution in [3.8, 4) is 39.9 Å². The molecular weight excluding hydrogens is 534 g/mol. The lowest BCUT2D eigenvalue weighted by molar-refractivity contribution is 0.0990. The number of hydrogen-bond donors (Lipinski definition) is 0. The second-order valence-corrected chi connectivity index (χ2v) is 9.90. The first kappa shape index (κ1) is 28.4. The van der Waals surface area contributed by atoms with Gasteiger partial charge in [0.2, 0.25) is 0 Å². The zero-order chi connectivity index (χ0) is 29.8. The first-order valence-electron chi connectivity index (χ1n) is 13.4. The van der Waals surface area contributed by atoms with E-state index in [1.165, 1.54) is 0 Å². The van der Waals surface area contributed by atoms with Crippen LogP contribution in [0.3, 0.4) is 0 Å². The van der Waals surface area contributed by atoms with Crippen LogP contribution in [0.2, 0.25) is 0 Å². The minimum absolute atomic E-state index is 0.0329. The number of nitrogens with zero attached hydrogens (tertiary/aromatic N) is 3. The Bertz CT molecular complexity index is 1790. The van der Waals surface area contributed by atoms with E-state index in [9.17, 15) is 9.59 Å². The third-order valence-corrected chi connectivity index (χ3v) is 6.92. The molecular formula is C33H31N3O6. The van der Waals surface area contributed by atoms with Gasteiger partial charge < -0.3 is 23.5 Å². The van der Waals surface area contributed by atoms with Gasteiger partial charge in [-0.2, -0.15) is 0 Å². The lowest BCUT2D eigenvalue weighted by Crippen LogP contribution is -2.22. The maximum absolute atomic E-state index is 13.5. The number of carbonyl (C=O) groups is 1. The van der Waals surface area contributed by atoms with Crippen LogP contribution < -0.4 is 24.4 Å². The summed E-state index contributed by atoms with van der Waals surface area (Å²) in [5.74, 6) is 2.55. The molecule has 0 aliphatic rings. The molecule has 3 aromatic heterocycles. The Morgan fingerprint density at radius 1 is 0.833 bits per heavy atom. The number of fused-ring (bicyclic) bond motifs is 1. The van der Waals surface area contributed by atoms with Gasteiger partial charge in [0.1, 0.15) is 17.2 Å². The van der Waals surface area contributed by atoms with Crippen molar-refractivity contribution in [2.75, 3.05) is 21.3 Å². The normalized spacial score (nSPS) is 11.0. The van der Waals surface area contributed by atoms with Crippen LogP contribution in [0.1, 0.15) is 35.9 Å². The molecule has 9 nitrogen and oxygen atoms in total. The van der Waals surface area contributed by atoms with Crippen LogP contribution >= 0.6 is 0 Å². The van der Waals surface area contributed by atoms with Gasteiger partial charge in [-0.25, -0.2) is 0 Å². The van der Waals surface area contributed by atoms with Crippen LogP contribution in [0.15, 0.2) is 84.2 Å². The molecule has 0 spiro atoms. The van der Waals surface area contributed by atoms with Crippen molar-refractivity contribution in [3.05, 3.63) is 101 Å². The molecule has 0 saturated heterocycles. The number of ether oxygens (including phenoxy) is 4. The highest BCUT2D eigenvalue weighted by molar-refractivity contribution is 5.98. The molecule has 0 amide bonds. The SMILES string of the molecule is COc1ccc(-c2cn(C(C)C)cc(C(=O)Cc3ccc(Oc4ccnc5cc(OC)c(OC)cc45)cn3)c2=O)cc1. The first-order chi connectivity index (χ1) is 20.3. The standard InChI is InChI=1S/C33H31N3O6/c1-20(2)36-18-26(21-6-9-23(39-3)10-7-21)33(38)27(19-36)29(37)14-22-8-11-24(17-35-22)42-30-12-13-34-28-16-32(41-5)31(40-4)15-25(28)30/h6-13,15-20H,14H2,1-5H3. The topological polar surface area (TPSA) is 102 Å². The van der Waals surface area contributed by atoms with Gasteiger partial charge in [0.15, 0.2) is 22.7 Å². The van der Waals surface area contributed by atoms with Crippen LogP contribution in [-0.2, 0) is 6.42 Å². The van der Waals surface area contributed by atoms with Crippen molar-refractivity contribution in [1.29, 1.82) is 0 Å². The summed E-state index contributed by atoms with van der Waals surface area (Å²) in [6.07, 6.45) is 6.57. The number of pyridine rings is 3. The lowest BCUT2D eigenvalue weighted by Gasteiger charge is -2.15. The lowest BCUT2D eigenvalue weighted by atomic mass is 10.0. The van der Waals surface area contributed by atoms with Gasteiger partial charge >= 0.3 is 0 Å². The second kappa shape index (κ2) is 12.1. The number of rotatable bonds is 10. The predicted molar refractivity (Wildman–Crippen MR) is 160 cm³/mol. The molecule has 2 aromatic carbocycles. The third-order valence-electron chi connectivity index (χ3n) is 6.92. The molecule has 3 heterocycles. The van der Waals surface area contributed by atoms with E-state index in [0.717, 1.165) is 5.39 Å². The highest BCUT2D eigenvalue weighted by Crippen LogP contribution is 2.36. The molecule has 0 N–H and O–H groups in total. The summed E-state index contributed by atoms with van der Waals surface area (Å²) >= 11 is 0. The van der Waals surface area contributed by atoms with Crippen molar-refractivity contribution >= 4 is 16.7 Å². The van der Waals surface area contributed by atoms with E-state index in [-0.39, 0.29) is 29.2 Å². The van der Waals surface area contributed by atoms with Gasteiger partial charge in [-0.1, -0.05) is 12.1 Å². The summed E-state index contributed by atoms with van der Waals surface area (Å²) in [6.45, 7) is 3.99. The zero-order valence-corrected chi connectivity index (χ0v) is 24.1. The fourth-order valence-corrected chi connectivity index (χ4v) is 4.57. The van der Waals surface area contributed by atoms with E-state index in [1.807, 2.05) is 30.5 Å². The highest BCUT2D eigenvalue weighted by atomic mass is 16.5. The van der Waals surface area contributed by atoms with Gasteiger partial charge in [-0.15, -0.1) is 0 Å². The molecule has 5 rings (SSSR count). The number of benzene rings is 2. The number of hydrogen-bond acceptors (Lipinski definition) is 8. The van der Waals surface area contributed by atoms with Crippen molar-refractivity contribution in [1.82, 2.24) is 14.5 Å². The third kappa shape index (κ3) is 5.81. The Morgan fingerprint density at radius 2 is 1.55 bits per heavy atom. The quantitative estimate of drug-likeness (QED) is 0.182. The monoisotopic (exact) mass is 565 g/mol. The van der Waals surface area contributed by atoms with Crippen LogP contribution in [0.25, 0.3) is 22.0 Å². The average molecular weight is 566 g/mol. The van der Waals surface area contributed by atoms with Gasteiger partial charge in [0.05, 0.1) is 45.0 Å². The van der Waals surface area contributed by atoms with E-state index in [4.69, 9.17) is 18.9 Å². The Morgan fingerprint density at radius 3 is 2.19 bits per heavy atom. The first-order valence-corrected chi connectivity index (χ1v) is 13.4. The molecule has 0 aliphatic heterocycles. The van der Waals surface area contributed by atoms with Crippen LogP contribution in [0, 0.1) is 0 Å². The Balaban J connectivity index is 1.39. The maximum atomic E-state index is 13.5. The fourth-order valence-electron chi connectivity index (χ4n) is 4.57. The summed E-state index contributed by atoms with van der Waals surface area (Å²) in [6, 6.07) is 16.1. The summed E-state index contributed by atoms with van der Waals surface area (Å²) in [7, 11) is 4.72. The van der Waals surface area contributed by atoms with Crippen LogP contribution in [0.4, 0.5) is 0 Å². The van der Waals surface area contributed by atoms with E-state index >= 15 is 0 Å². The minimum Gasteiger partial charge on any atom is -0.497 e. The highest BCUT2D eigenvalue weighted by Gasteiger charge is 2.18. The molecule has 0 bridgehead atoms. The molecule has 0 fully saturated rings. The number of methoxy groups -OCH3 is 3. The second-order valence-electron chi connectivity index (χ2n) is 9.90. The molecule has 0 radical (unpaired) electrons. The van der Waals surface area contributed by atoms with Gasteiger partial charge in [0.25, 0.3) is 0 Å². The van der Waals surface area contributed by atoms with Gasteiger partial charge in [-0.05, 0) is 55.8 Å². The number of Topliss-reactive ketones (excluding diaryl/α,β-unsaturated/α-hetero) is 1. The van der Waals surface area contributed by atoms with E-state index < -0.39 is 0 Å². The van der Waals surface area contributed by atoms with Crippen molar-refractivity contribution in [3.63, 3.8) is 0 Å². The molecule has 42 heavy (non-hydrogen) atoms. The number of aromatic nitrogens is 3. The summed E-state index contributed by atoms with van der Waals surface area (Å²) < 4.78 is 24.0. The number of ketones is 1. The molecule has 5 aromatic rings. The van der Waals surface area contributed by atoms with Crippen molar-refractivity contribution < 1.29 is 23.7 Å². The summed E-state index contributed by atoms with van der Waals surface area (Å²) in [5, 5.41) is 0.743. The summed E-state index contributed by atoms with van der Waals surface area (Å²) in [5.41, 5.74) is 2.16. The van der Waals surface area contributed by atoms with Crippen LogP contribution in [0.5, 0.6) is 28.7 Å². The van der Waals surface area contributed by atoms with Gasteiger partial charge in [0, 0.05) is 47.3 Å². The Kier molecular flexibility index (Phi) is 8.19. The smallest absolute Gasteiger partial charge is 0.200 e. The molecule has 0 saturated carbocycles.